The predicted molar refractivity (Wildman–Crippen MR) is 229 cm³/mol. The number of carbonyl (C=O) groups excluding carboxylic acids is 3. The molecular formula is C43H51N5O15S. The van der Waals surface area contributed by atoms with E-state index in [2.05, 4.69) is 10.6 Å². The minimum Gasteiger partial charge on any atom is -0.508 e. The van der Waals surface area contributed by atoms with E-state index in [-0.39, 0.29) is 60.9 Å². The summed E-state index contributed by atoms with van der Waals surface area (Å²) in [6.45, 7) is 4.29. The third-order valence-electron chi connectivity index (χ3n) is 10.6. The molecule has 2 aromatic heterocycles. The summed E-state index contributed by atoms with van der Waals surface area (Å²) in [5.74, 6) is -2.93. The molecule has 0 bridgehead atoms. The standard InChI is InChI=1S/C41H45N5O15S.C2H6/c1-4-24-25-12-22(47)6-7-29(25)44-36-27(24)17-46-31(36)15-26-28(38(46)50)19-57-40(53)37(26)59-20-45(9-10-62(3,55)56)41(54)58-18-21-5-8-32(30(11-21)43-34(49)16-42-2)60-35-14-23(48)13-33(61-35)39(51)52;1-2/h5-8,11-12,15,23,33,35,37,42,47-48H,4,9-10,13-14,16-20H2,1-3H3,(H,43,49)(H,51,52);1-2H3. The quantitative estimate of drug-likeness (QED) is 0.0746. The number of aliphatic hydroxyl groups is 1. The minimum atomic E-state index is -3.62. The molecule has 7 rings (SSSR count). The summed E-state index contributed by atoms with van der Waals surface area (Å²) in [5.41, 5.74) is 3.68. The molecule has 4 unspecified atom stereocenters. The molecule has 3 aliphatic rings. The smallest absolute Gasteiger partial charge is 0.411 e. The fourth-order valence-electron chi connectivity index (χ4n) is 7.59. The molecule has 1 saturated heterocycles. The number of esters is 1. The van der Waals surface area contributed by atoms with Gasteiger partial charge in [0, 0.05) is 42.2 Å². The monoisotopic (exact) mass is 909 g/mol. The number of phenolic OH excluding ortho intramolecular Hbond substituents is 1. The Morgan fingerprint density at radius 1 is 1.06 bits per heavy atom. The first kappa shape index (κ1) is 47.4. The van der Waals surface area contributed by atoms with E-state index < -0.39 is 89.6 Å². The Morgan fingerprint density at radius 3 is 2.53 bits per heavy atom. The van der Waals surface area contributed by atoms with Crippen LogP contribution in [0.2, 0.25) is 0 Å². The zero-order valence-corrected chi connectivity index (χ0v) is 36.7. The highest BCUT2D eigenvalue weighted by molar-refractivity contribution is 7.90. The van der Waals surface area contributed by atoms with Crippen molar-refractivity contribution in [3.8, 4) is 22.9 Å². The summed E-state index contributed by atoms with van der Waals surface area (Å²) in [6.07, 6.45) is -4.62. The lowest BCUT2D eigenvalue weighted by molar-refractivity contribution is -0.195. The Balaban J connectivity index is 0.00000335. The first-order valence-corrected chi connectivity index (χ1v) is 22.7. The van der Waals surface area contributed by atoms with Gasteiger partial charge in [-0.05, 0) is 61.0 Å². The van der Waals surface area contributed by atoms with E-state index in [4.69, 9.17) is 28.7 Å². The van der Waals surface area contributed by atoms with Crippen molar-refractivity contribution >= 4 is 50.4 Å². The van der Waals surface area contributed by atoms with Crippen molar-refractivity contribution in [3.63, 3.8) is 0 Å². The van der Waals surface area contributed by atoms with Gasteiger partial charge in [-0.1, -0.05) is 26.8 Å². The zero-order valence-electron chi connectivity index (χ0n) is 35.9. The number of aliphatic hydroxyl groups excluding tert-OH is 1. The number of carboxylic acid groups (broad SMARTS) is 1. The topological polar surface area (TPSA) is 271 Å². The largest absolute Gasteiger partial charge is 0.508 e. The number of pyridine rings is 2. The molecule has 5 heterocycles. The number of aromatic hydroxyl groups is 1. The summed E-state index contributed by atoms with van der Waals surface area (Å²) < 4.78 is 54.2. The number of rotatable bonds is 15. The van der Waals surface area contributed by atoms with E-state index in [1.807, 2.05) is 20.8 Å². The van der Waals surface area contributed by atoms with Crippen LogP contribution in [0.3, 0.4) is 0 Å². The molecule has 21 heteroatoms. The van der Waals surface area contributed by atoms with E-state index in [0.717, 1.165) is 27.7 Å². The number of aliphatic carboxylic acids is 1. The lowest BCUT2D eigenvalue weighted by Crippen LogP contribution is -2.42. The summed E-state index contributed by atoms with van der Waals surface area (Å²) in [7, 11) is -2.06. The van der Waals surface area contributed by atoms with Gasteiger partial charge in [-0.25, -0.2) is 27.8 Å². The van der Waals surface area contributed by atoms with E-state index in [9.17, 15) is 47.7 Å². The lowest BCUT2D eigenvalue weighted by atomic mass is 9.97. The van der Waals surface area contributed by atoms with Gasteiger partial charge in [0.15, 0.2) is 12.2 Å². The second-order valence-corrected chi connectivity index (χ2v) is 17.4. The maximum Gasteiger partial charge on any atom is 0.411 e. The lowest BCUT2D eigenvalue weighted by Gasteiger charge is -2.31. The molecule has 64 heavy (non-hydrogen) atoms. The van der Waals surface area contributed by atoms with Crippen molar-refractivity contribution in [3.05, 3.63) is 80.6 Å². The summed E-state index contributed by atoms with van der Waals surface area (Å²) in [5, 5.41) is 35.9. The third kappa shape index (κ3) is 10.6. The Hall–Kier alpha value is -6.13. The average molecular weight is 910 g/mol. The first-order chi connectivity index (χ1) is 30.5. The molecule has 2 aromatic carbocycles. The molecule has 5 N–H and O–H groups in total. The Bertz CT molecular complexity index is 2620. The van der Waals surface area contributed by atoms with Gasteiger partial charge in [-0.15, -0.1) is 0 Å². The molecule has 2 amide bonds. The van der Waals surface area contributed by atoms with E-state index >= 15 is 0 Å². The molecule has 0 spiro atoms. The molecule has 3 aliphatic heterocycles. The van der Waals surface area contributed by atoms with Crippen molar-refractivity contribution in [2.45, 2.75) is 84.4 Å². The van der Waals surface area contributed by atoms with Gasteiger partial charge in [0.1, 0.15) is 41.3 Å². The molecule has 0 aliphatic carbocycles. The van der Waals surface area contributed by atoms with Crippen LogP contribution in [-0.4, -0.2) is 120 Å². The van der Waals surface area contributed by atoms with E-state index in [1.54, 1.807) is 29.8 Å². The van der Waals surface area contributed by atoms with Gasteiger partial charge < -0.3 is 54.2 Å². The number of likely N-dealkylation sites (N-methyl/N-ethyl adjacent to an activating group) is 1. The van der Waals surface area contributed by atoms with Gasteiger partial charge in [-0.3, -0.25) is 14.5 Å². The molecular weight excluding hydrogens is 859 g/mol. The van der Waals surface area contributed by atoms with Crippen molar-refractivity contribution in [1.82, 2.24) is 19.8 Å². The Morgan fingerprint density at radius 2 is 1.83 bits per heavy atom. The number of anilines is 1. The van der Waals surface area contributed by atoms with Crippen LogP contribution < -0.4 is 20.9 Å². The molecule has 20 nitrogen and oxygen atoms in total. The fourth-order valence-corrected chi connectivity index (χ4v) is 8.14. The number of ether oxygens (including phenoxy) is 5. The van der Waals surface area contributed by atoms with Crippen LogP contribution in [0.25, 0.3) is 22.3 Å². The van der Waals surface area contributed by atoms with E-state index in [1.165, 1.54) is 24.3 Å². The van der Waals surface area contributed by atoms with Crippen LogP contribution in [0.1, 0.15) is 67.5 Å². The molecule has 1 fully saturated rings. The van der Waals surface area contributed by atoms with E-state index in [0.29, 0.717) is 28.9 Å². The summed E-state index contributed by atoms with van der Waals surface area (Å²) in [6, 6.07) is 10.8. The SMILES string of the molecule is CC.CCc1c2c(nc3ccc(O)cc13)-c1cc3c(c(=O)n1C2)COC(=O)C3OCN(CCS(C)(=O)=O)C(=O)OCc1ccc(OC2CC(O)CC(C(=O)O)O2)c(NC(=O)CNC)c1. The van der Waals surface area contributed by atoms with Gasteiger partial charge in [0.25, 0.3) is 5.56 Å². The predicted octanol–water partition coefficient (Wildman–Crippen LogP) is 2.96. The number of hydrogen-bond donors (Lipinski definition) is 5. The fraction of sp³-hybridized carbons (Fsp3) is 0.442. The number of amides is 2. The number of hydrogen-bond acceptors (Lipinski definition) is 16. The highest BCUT2D eigenvalue weighted by atomic mass is 32.2. The molecule has 344 valence electrons. The third-order valence-corrected chi connectivity index (χ3v) is 11.5. The van der Waals surface area contributed by atoms with Crippen molar-refractivity contribution < 1.29 is 66.6 Å². The minimum absolute atomic E-state index is 0.0447. The maximum atomic E-state index is 14.0. The number of benzene rings is 2. The number of aromatic nitrogens is 2. The highest BCUT2D eigenvalue weighted by Crippen LogP contribution is 2.39. The number of phenols is 1. The number of cyclic esters (lactones) is 1. The summed E-state index contributed by atoms with van der Waals surface area (Å²) >= 11 is 0. The van der Waals surface area contributed by atoms with Crippen LogP contribution >= 0.6 is 0 Å². The van der Waals surface area contributed by atoms with Gasteiger partial charge in [0.05, 0.1) is 53.1 Å². The second kappa shape index (κ2) is 20.1. The first-order valence-electron chi connectivity index (χ1n) is 20.6. The Labute approximate surface area is 368 Å². The zero-order chi connectivity index (χ0) is 46.5. The molecule has 4 aromatic rings. The molecule has 0 saturated carbocycles. The van der Waals surface area contributed by atoms with Gasteiger partial charge >= 0.3 is 18.0 Å². The Kier molecular flexibility index (Phi) is 14.9. The normalized spacial score (nSPS) is 18.7. The number of nitrogens with one attached hydrogen (secondary N) is 2. The average Bonchev–Trinajstić information content (AvgIpc) is 3.61. The van der Waals surface area contributed by atoms with Crippen LogP contribution in [0.5, 0.6) is 11.5 Å². The number of nitrogens with zero attached hydrogens (tertiary/aromatic N) is 3. The van der Waals surface area contributed by atoms with Crippen molar-refractivity contribution in [1.29, 1.82) is 0 Å². The highest BCUT2D eigenvalue weighted by Gasteiger charge is 2.38. The van der Waals surface area contributed by atoms with Crippen LogP contribution in [-0.2, 0) is 69.3 Å². The maximum absolute atomic E-state index is 14.0. The number of carboxylic acids is 1. The van der Waals surface area contributed by atoms with Gasteiger partial charge in [-0.2, -0.15) is 0 Å². The second-order valence-electron chi connectivity index (χ2n) is 15.1. The van der Waals surface area contributed by atoms with Crippen molar-refractivity contribution in [2.24, 2.45) is 0 Å². The number of fused-ring (bicyclic) bond motifs is 5. The van der Waals surface area contributed by atoms with Crippen LogP contribution in [0.4, 0.5) is 10.5 Å². The van der Waals surface area contributed by atoms with Gasteiger partial charge in [0.2, 0.25) is 12.2 Å². The van der Waals surface area contributed by atoms with Crippen molar-refractivity contribution in [2.75, 3.05) is 44.2 Å². The van der Waals surface area contributed by atoms with Crippen LogP contribution in [0, 0.1) is 0 Å². The number of carbonyl (C=O) groups is 4. The molecule has 0 radical (unpaired) electrons. The van der Waals surface area contributed by atoms with Crippen LogP contribution in [0.15, 0.2) is 47.3 Å². The number of aryl methyl sites for hydroxylation is 1. The molecule has 4 atom stereocenters. The summed E-state index contributed by atoms with van der Waals surface area (Å²) in [4.78, 5) is 70.7. The number of sulfone groups is 1.